The lowest BCUT2D eigenvalue weighted by atomic mass is 10.0. The van der Waals surface area contributed by atoms with E-state index in [1.807, 2.05) is 0 Å². The van der Waals surface area contributed by atoms with Gasteiger partial charge >= 0.3 is 0 Å². The van der Waals surface area contributed by atoms with E-state index in [-0.39, 0.29) is 6.04 Å². The van der Waals surface area contributed by atoms with Crippen LogP contribution < -0.4 is 5.73 Å². The maximum atomic E-state index is 12.9. The molecule has 11 heavy (non-hydrogen) atoms. The second-order valence-corrected chi connectivity index (χ2v) is 3.64. The molecule has 1 rings (SSSR count). The first-order valence-electron chi connectivity index (χ1n) is 4.23. The fourth-order valence-electron chi connectivity index (χ4n) is 1.53. The zero-order valence-electron chi connectivity index (χ0n) is 7.26. The van der Waals surface area contributed by atoms with Gasteiger partial charge in [0.25, 0.3) is 0 Å². The Labute approximate surface area is 67.6 Å². The molecule has 0 aromatic rings. The quantitative estimate of drug-likeness (QED) is 0.614. The summed E-state index contributed by atoms with van der Waals surface area (Å²) < 4.78 is 12.9. The van der Waals surface area contributed by atoms with Crippen molar-refractivity contribution in [1.82, 2.24) is 4.90 Å². The lowest BCUT2D eigenvalue weighted by Crippen LogP contribution is -2.50. The van der Waals surface area contributed by atoms with Gasteiger partial charge in [0.1, 0.15) is 6.17 Å². The number of alkyl halides is 1. The molecule has 1 fully saturated rings. The van der Waals surface area contributed by atoms with Gasteiger partial charge in [0.2, 0.25) is 0 Å². The first-order chi connectivity index (χ1) is 5.09. The standard InChI is InChI=1S/C8H17FN2/c1-6(2)11-4-7(9)3-8(10)5-11/h6-8H,3-5,10H2,1-2H3. The van der Waals surface area contributed by atoms with Crippen molar-refractivity contribution >= 4 is 0 Å². The summed E-state index contributed by atoms with van der Waals surface area (Å²) in [5.74, 6) is 0. The molecular weight excluding hydrogens is 143 g/mol. The fraction of sp³-hybridized carbons (Fsp3) is 1.00. The Kier molecular flexibility index (Phi) is 2.84. The van der Waals surface area contributed by atoms with Gasteiger partial charge in [0.05, 0.1) is 0 Å². The largest absolute Gasteiger partial charge is 0.326 e. The van der Waals surface area contributed by atoms with Gasteiger partial charge in [0.15, 0.2) is 0 Å². The summed E-state index contributed by atoms with van der Waals surface area (Å²) >= 11 is 0. The van der Waals surface area contributed by atoms with E-state index in [4.69, 9.17) is 5.73 Å². The Morgan fingerprint density at radius 1 is 1.45 bits per heavy atom. The van der Waals surface area contributed by atoms with E-state index in [2.05, 4.69) is 18.7 Å². The molecule has 0 saturated carbocycles. The molecule has 1 aliphatic heterocycles. The predicted molar refractivity (Wildman–Crippen MR) is 44.2 cm³/mol. The van der Waals surface area contributed by atoms with Crippen LogP contribution in [0.2, 0.25) is 0 Å². The molecular formula is C8H17FN2. The third-order valence-electron chi connectivity index (χ3n) is 2.19. The number of nitrogens with zero attached hydrogens (tertiary/aromatic N) is 1. The topological polar surface area (TPSA) is 29.3 Å². The summed E-state index contributed by atoms with van der Waals surface area (Å²) in [6.45, 7) is 5.55. The van der Waals surface area contributed by atoms with Crippen LogP contribution in [0.25, 0.3) is 0 Å². The molecule has 0 aromatic carbocycles. The predicted octanol–water partition coefficient (Wildman–Crippen LogP) is 0.766. The van der Waals surface area contributed by atoms with Gasteiger partial charge in [0, 0.05) is 25.2 Å². The Morgan fingerprint density at radius 2 is 2.09 bits per heavy atom. The second kappa shape index (κ2) is 3.50. The molecule has 0 aromatic heterocycles. The van der Waals surface area contributed by atoms with Crippen LogP contribution in [0.3, 0.4) is 0 Å². The smallest absolute Gasteiger partial charge is 0.114 e. The van der Waals surface area contributed by atoms with Crippen LogP contribution >= 0.6 is 0 Å². The van der Waals surface area contributed by atoms with Gasteiger partial charge in [-0.25, -0.2) is 4.39 Å². The fourth-order valence-corrected chi connectivity index (χ4v) is 1.53. The van der Waals surface area contributed by atoms with Crippen molar-refractivity contribution in [2.75, 3.05) is 13.1 Å². The van der Waals surface area contributed by atoms with E-state index in [9.17, 15) is 4.39 Å². The van der Waals surface area contributed by atoms with Crippen LogP contribution in [0.15, 0.2) is 0 Å². The number of piperidine rings is 1. The maximum Gasteiger partial charge on any atom is 0.114 e. The molecule has 0 bridgehead atoms. The second-order valence-electron chi connectivity index (χ2n) is 3.64. The van der Waals surface area contributed by atoms with Crippen molar-refractivity contribution in [2.45, 2.75) is 38.5 Å². The highest BCUT2D eigenvalue weighted by atomic mass is 19.1. The lowest BCUT2D eigenvalue weighted by molar-refractivity contribution is 0.0987. The van der Waals surface area contributed by atoms with Gasteiger partial charge in [-0.3, -0.25) is 4.90 Å². The van der Waals surface area contributed by atoms with Gasteiger partial charge in [-0.05, 0) is 20.3 Å². The number of hydrogen-bond donors (Lipinski definition) is 1. The van der Waals surface area contributed by atoms with Crippen molar-refractivity contribution in [2.24, 2.45) is 5.73 Å². The summed E-state index contributed by atoms with van der Waals surface area (Å²) in [4.78, 5) is 2.10. The SMILES string of the molecule is CC(C)N1CC(N)CC(F)C1. The Hall–Kier alpha value is -0.150. The van der Waals surface area contributed by atoms with Crippen molar-refractivity contribution in [3.63, 3.8) is 0 Å². The molecule has 3 heteroatoms. The van der Waals surface area contributed by atoms with Crippen LogP contribution in [0, 0.1) is 0 Å². The van der Waals surface area contributed by atoms with Gasteiger partial charge < -0.3 is 5.73 Å². The van der Waals surface area contributed by atoms with E-state index in [0.29, 0.717) is 19.0 Å². The minimum atomic E-state index is -0.721. The summed E-state index contributed by atoms with van der Waals surface area (Å²) in [6, 6.07) is 0.445. The van der Waals surface area contributed by atoms with E-state index >= 15 is 0 Å². The minimum absolute atomic E-state index is 0.0288. The molecule has 1 saturated heterocycles. The zero-order chi connectivity index (χ0) is 8.43. The highest BCUT2D eigenvalue weighted by Crippen LogP contribution is 2.14. The molecule has 2 nitrogen and oxygen atoms in total. The summed E-state index contributed by atoms with van der Waals surface area (Å²) in [6.07, 6.45) is -0.190. The van der Waals surface area contributed by atoms with Crippen LogP contribution in [-0.4, -0.2) is 36.2 Å². The average molecular weight is 160 g/mol. The number of likely N-dealkylation sites (tertiary alicyclic amines) is 1. The van der Waals surface area contributed by atoms with E-state index in [1.54, 1.807) is 0 Å². The lowest BCUT2D eigenvalue weighted by Gasteiger charge is -2.35. The highest BCUT2D eigenvalue weighted by molar-refractivity contribution is 4.82. The Balaban J connectivity index is 2.43. The molecule has 2 atom stereocenters. The molecule has 1 heterocycles. The molecule has 0 spiro atoms. The van der Waals surface area contributed by atoms with E-state index in [1.165, 1.54) is 0 Å². The van der Waals surface area contributed by atoms with Gasteiger partial charge in [-0.2, -0.15) is 0 Å². The third kappa shape index (κ3) is 2.42. The monoisotopic (exact) mass is 160 g/mol. The molecule has 2 unspecified atom stereocenters. The van der Waals surface area contributed by atoms with Crippen LogP contribution in [0.5, 0.6) is 0 Å². The third-order valence-corrected chi connectivity index (χ3v) is 2.19. The average Bonchev–Trinajstić information content (AvgIpc) is 1.85. The van der Waals surface area contributed by atoms with Gasteiger partial charge in [-0.15, -0.1) is 0 Å². The summed E-state index contributed by atoms with van der Waals surface area (Å²) in [7, 11) is 0. The van der Waals surface area contributed by atoms with Crippen LogP contribution in [0.4, 0.5) is 4.39 Å². The number of halogens is 1. The van der Waals surface area contributed by atoms with Crippen molar-refractivity contribution in [3.8, 4) is 0 Å². The summed E-state index contributed by atoms with van der Waals surface area (Å²) in [5, 5.41) is 0. The van der Waals surface area contributed by atoms with Gasteiger partial charge in [-0.1, -0.05) is 0 Å². The first-order valence-corrected chi connectivity index (χ1v) is 4.23. The van der Waals surface area contributed by atoms with Crippen molar-refractivity contribution < 1.29 is 4.39 Å². The van der Waals surface area contributed by atoms with Crippen LogP contribution in [0.1, 0.15) is 20.3 Å². The highest BCUT2D eigenvalue weighted by Gasteiger charge is 2.25. The van der Waals surface area contributed by atoms with Crippen molar-refractivity contribution in [1.29, 1.82) is 0 Å². The normalized spacial score (nSPS) is 34.6. The minimum Gasteiger partial charge on any atom is -0.326 e. The maximum absolute atomic E-state index is 12.9. The molecule has 0 amide bonds. The zero-order valence-corrected chi connectivity index (χ0v) is 7.26. The number of hydrogen-bond acceptors (Lipinski definition) is 2. The molecule has 0 aliphatic carbocycles. The Bertz CT molecular complexity index is 117. The molecule has 1 aliphatic rings. The molecule has 66 valence electrons. The summed E-state index contributed by atoms with van der Waals surface area (Å²) in [5.41, 5.74) is 5.67. The Morgan fingerprint density at radius 3 is 2.55 bits per heavy atom. The molecule has 2 N–H and O–H groups in total. The van der Waals surface area contributed by atoms with E-state index < -0.39 is 6.17 Å². The van der Waals surface area contributed by atoms with Crippen molar-refractivity contribution in [3.05, 3.63) is 0 Å². The first kappa shape index (κ1) is 8.94. The molecule has 0 radical (unpaired) electrons. The number of rotatable bonds is 1. The van der Waals surface area contributed by atoms with Crippen LogP contribution in [-0.2, 0) is 0 Å². The van der Waals surface area contributed by atoms with E-state index in [0.717, 1.165) is 6.54 Å². The number of nitrogens with two attached hydrogens (primary N) is 1.